The third-order valence-electron chi connectivity index (χ3n) is 3.42. The summed E-state index contributed by atoms with van der Waals surface area (Å²) in [6.07, 6.45) is 6.85. The lowest BCUT2D eigenvalue weighted by molar-refractivity contribution is -0.121. The molecule has 1 N–H and O–H groups in total. The minimum Gasteiger partial charge on any atom is -0.379 e. The largest absolute Gasteiger partial charge is 0.379 e. The molecule has 0 aromatic carbocycles. The molecule has 0 unspecified atom stereocenters. The molecule has 0 aliphatic carbocycles. The number of unbranched alkanes of at least 4 members (excludes halogenated alkanes) is 4. The first-order valence-electron chi connectivity index (χ1n) is 10.2. The van der Waals surface area contributed by atoms with Crippen LogP contribution in [-0.4, -0.2) is 57.9 Å². The number of hydrogen-bond donors (Lipinski definition) is 1. The summed E-state index contributed by atoms with van der Waals surface area (Å²) in [5.74, 6) is 0.238. The van der Waals surface area contributed by atoms with Gasteiger partial charge < -0.3 is 19.5 Å². The second-order valence-electron chi connectivity index (χ2n) is 5.80. The third kappa shape index (κ3) is 25.3. The zero-order valence-electron chi connectivity index (χ0n) is 17.4. The molecule has 0 atom stereocenters. The molecule has 158 valence electrons. The first-order valence-corrected chi connectivity index (χ1v) is 10.2. The van der Waals surface area contributed by atoms with E-state index >= 15 is 0 Å². The Bertz CT molecular complexity index is 317. The highest BCUT2D eigenvalue weighted by Gasteiger charge is 2.00. The Hall–Kier alpha value is -0.980. The summed E-state index contributed by atoms with van der Waals surface area (Å²) < 4.78 is 15.9. The summed E-state index contributed by atoms with van der Waals surface area (Å²) in [4.78, 5) is 22.2. The molecule has 6 nitrogen and oxygen atoms in total. The van der Waals surface area contributed by atoms with Crippen molar-refractivity contribution in [2.45, 2.75) is 72.6 Å². The van der Waals surface area contributed by atoms with E-state index in [1.807, 2.05) is 13.8 Å². The number of Topliss-reactive ketones (excluding diaryl/α,β-unsaturated/α-hetero) is 1. The van der Waals surface area contributed by atoms with Crippen molar-refractivity contribution in [2.75, 3.05) is 46.2 Å². The van der Waals surface area contributed by atoms with Gasteiger partial charge in [0.05, 0.1) is 39.6 Å². The predicted octanol–water partition coefficient (Wildman–Crippen LogP) is 3.76. The van der Waals surface area contributed by atoms with Crippen LogP contribution >= 0.6 is 0 Å². The Morgan fingerprint density at radius 1 is 0.769 bits per heavy atom. The van der Waals surface area contributed by atoms with Gasteiger partial charge in [0.15, 0.2) is 0 Å². The molecule has 0 aliphatic heterocycles. The minimum absolute atomic E-state index is 0. The Labute approximate surface area is 161 Å². The van der Waals surface area contributed by atoms with Gasteiger partial charge in [0, 0.05) is 20.8 Å². The van der Waals surface area contributed by atoms with Gasteiger partial charge in [-0.3, -0.25) is 9.59 Å². The van der Waals surface area contributed by atoms with Crippen molar-refractivity contribution < 1.29 is 25.2 Å². The van der Waals surface area contributed by atoms with Gasteiger partial charge in [0.2, 0.25) is 5.91 Å². The molecule has 0 spiro atoms. The van der Waals surface area contributed by atoms with Crippen LogP contribution in [0.15, 0.2) is 0 Å². The normalized spacial score (nSPS) is 10.2. The van der Waals surface area contributed by atoms with Crippen LogP contribution in [0.3, 0.4) is 0 Å². The number of carbonyl (C=O) groups excluding carboxylic acids is 2. The van der Waals surface area contributed by atoms with Gasteiger partial charge in [-0.15, -0.1) is 0 Å². The lowest BCUT2D eigenvalue weighted by atomic mass is 10.1. The second kappa shape index (κ2) is 24.0. The van der Waals surface area contributed by atoms with E-state index in [0.29, 0.717) is 59.0 Å². The fraction of sp³-hybridized carbons (Fsp3) is 0.900. The number of rotatable bonds is 18. The molecule has 1 amide bonds. The van der Waals surface area contributed by atoms with E-state index in [1.54, 1.807) is 6.92 Å². The van der Waals surface area contributed by atoms with Gasteiger partial charge in [-0.05, 0) is 13.3 Å². The molecule has 0 heterocycles. The summed E-state index contributed by atoms with van der Waals surface area (Å²) >= 11 is 0. The molecule has 0 saturated carbocycles. The van der Waals surface area contributed by atoms with E-state index < -0.39 is 0 Å². The van der Waals surface area contributed by atoms with Crippen LogP contribution < -0.4 is 5.32 Å². The van der Waals surface area contributed by atoms with Crippen molar-refractivity contribution in [3.05, 3.63) is 0 Å². The van der Waals surface area contributed by atoms with Crippen molar-refractivity contribution in [3.8, 4) is 0 Å². The summed E-state index contributed by atoms with van der Waals surface area (Å²) in [5.41, 5.74) is 0. The molecule has 0 aromatic rings. The quantitative estimate of drug-likeness (QED) is 0.368. The molecule has 6 heteroatoms. The highest BCUT2D eigenvalue weighted by atomic mass is 16.5. The standard InChI is InChI=1S/C18H35NO5.C2H6.H2/c1-3-4-5-6-7-8-18(21)19-10-12-23-14-16-24-15-13-22-11-9-17(2)20;1-2;/h3-16H2,1-2H3,(H,19,21);1-2H3;1H. The molecular weight excluding hydrogens is 334 g/mol. The minimum atomic E-state index is 0. The van der Waals surface area contributed by atoms with Crippen LogP contribution in [0.2, 0.25) is 0 Å². The molecule has 0 aliphatic rings. The molecule has 0 aromatic heterocycles. The Morgan fingerprint density at radius 3 is 1.88 bits per heavy atom. The summed E-state index contributed by atoms with van der Waals surface area (Å²) in [6.45, 7) is 11.2. The number of amides is 1. The molecule has 0 bridgehead atoms. The van der Waals surface area contributed by atoms with Crippen LogP contribution in [0.25, 0.3) is 0 Å². The highest BCUT2D eigenvalue weighted by Crippen LogP contribution is 2.04. The van der Waals surface area contributed by atoms with Crippen LogP contribution in [0.1, 0.15) is 74.1 Å². The van der Waals surface area contributed by atoms with Gasteiger partial charge in [-0.1, -0.05) is 46.5 Å². The summed E-state index contributed by atoms with van der Waals surface area (Å²) in [6, 6.07) is 0. The monoisotopic (exact) mass is 377 g/mol. The van der Waals surface area contributed by atoms with Gasteiger partial charge in [-0.2, -0.15) is 0 Å². The Balaban J connectivity index is -0.00000185. The molecule has 0 radical (unpaired) electrons. The second-order valence-corrected chi connectivity index (χ2v) is 5.80. The average molecular weight is 378 g/mol. The van der Waals surface area contributed by atoms with E-state index in [2.05, 4.69) is 12.2 Å². The maximum Gasteiger partial charge on any atom is 0.220 e. The van der Waals surface area contributed by atoms with Crippen LogP contribution in [0, 0.1) is 0 Å². The zero-order chi connectivity index (χ0) is 19.9. The van der Waals surface area contributed by atoms with Gasteiger partial charge in [-0.25, -0.2) is 0 Å². The van der Waals surface area contributed by atoms with Gasteiger partial charge >= 0.3 is 0 Å². The highest BCUT2D eigenvalue weighted by molar-refractivity contribution is 5.75. The van der Waals surface area contributed by atoms with Crippen LogP contribution in [-0.2, 0) is 23.8 Å². The number of carbonyl (C=O) groups is 2. The Kier molecular flexibility index (Phi) is 25.2. The first kappa shape index (κ1) is 27.2. The van der Waals surface area contributed by atoms with Crippen molar-refractivity contribution in [3.63, 3.8) is 0 Å². The first-order chi connectivity index (χ1) is 12.7. The van der Waals surface area contributed by atoms with E-state index in [1.165, 1.54) is 19.3 Å². The maximum atomic E-state index is 11.6. The predicted molar refractivity (Wildman–Crippen MR) is 108 cm³/mol. The fourth-order valence-electron chi connectivity index (χ4n) is 2.00. The molecule has 0 fully saturated rings. The van der Waals surface area contributed by atoms with E-state index in [0.717, 1.165) is 12.8 Å². The molecule has 0 saturated heterocycles. The zero-order valence-corrected chi connectivity index (χ0v) is 17.4. The molecule has 0 rings (SSSR count). The van der Waals surface area contributed by atoms with Crippen molar-refractivity contribution >= 4 is 11.7 Å². The van der Waals surface area contributed by atoms with Crippen molar-refractivity contribution in [2.24, 2.45) is 0 Å². The van der Waals surface area contributed by atoms with Gasteiger partial charge in [0.25, 0.3) is 0 Å². The van der Waals surface area contributed by atoms with Crippen LogP contribution in [0.5, 0.6) is 0 Å². The van der Waals surface area contributed by atoms with Gasteiger partial charge in [0.1, 0.15) is 5.78 Å². The lowest BCUT2D eigenvalue weighted by Gasteiger charge is -2.07. The summed E-state index contributed by atoms with van der Waals surface area (Å²) in [7, 11) is 0. The molecular formula is C20H43NO5. The number of ketones is 1. The fourth-order valence-corrected chi connectivity index (χ4v) is 2.00. The lowest BCUT2D eigenvalue weighted by Crippen LogP contribution is -2.27. The van der Waals surface area contributed by atoms with Crippen molar-refractivity contribution in [1.29, 1.82) is 0 Å². The van der Waals surface area contributed by atoms with E-state index in [4.69, 9.17) is 14.2 Å². The molecule has 26 heavy (non-hydrogen) atoms. The number of hydrogen-bond acceptors (Lipinski definition) is 5. The smallest absolute Gasteiger partial charge is 0.220 e. The average Bonchev–Trinajstić information content (AvgIpc) is 2.64. The SMILES string of the molecule is CC.CCCCCCCC(=O)NCCOCCOCCOCCC(C)=O.[HH]. The summed E-state index contributed by atoms with van der Waals surface area (Å²) in [5, 5.41) is 2.86. The number of ether oxygens (including phenoxy) is 3. The third-order valence-corrected chi connectivity index (χ3v) is 3.42. The van der Waals surface area contributed by atoms with E-state index in [9.17, 15) is 9.59 Å². The van der Waals surface area contributed by atoms with Crippen LogP contribution in [0.4, 0.5) is 0 Å². The maximum absolute atomic E-state index is 11.6. The number of nitrogens with one attached hydrogen (secondary N) is 1. The van der Waals surface area contributed by atoms with Crippen molar-refractivity contribution in [1.82, 2.24) is 5.32 Å². The Morgan fingerprint density at radius 2 is 1.31 bits per heavy atom. The topological polar surface area (TPSA) is 73.9 Å². The van der Waals surface area contributed by atoms with E-state index in [-0.39, 0.29) is 13.1 Å².